The number of amides is 2. The first-order chi connectivity index (χ1) is 9.95. The van der Waals surface area contributed by atoms with Crippen molar-refractivity contribution in [1.29, 1.82) is 0 Å². The normalized spacial score (nSPS) is 10.0. The summed E-state index contributed by atoms with van der Waals surface area (Å²) >= 11 is 3.27. The van der Waals surface area contributed by atoms with Gasteiger partial charge in [-0.3, -0.25) is 4.79 Å². The number of carbonyl (C=O) groups is 2. The summed E-state index contributed by atoms with van der Waals surface area (Å²) in [5.74, 6) is -0.0491. The van der Waals surface area contributed by atoms with Crippen LogP contribution in [0.5, 0.6) is 0 Å². The van der Waals surface area contributed by atoms with Crippen LogP contribution < -0.4 is 10.6 Å². The SMILES string of the molecule is CC(=O)c1cccc(NC(=O)Nc2ccc(Br)nc2C)c1. The van der Waals surface area contributed by atoms with Crippen molar-refractivity contribution in [2.45, 2.75) is 13.8 Å². The minimum absolute atomic E-state index is 0.0491. The van der Waals surface area contributed by atoms with Crippen LogP contribution in [0.15, 0.2) is 41.0 Å². The van der Waals surface area contributed by atoms with E-state index >= 15 is 0 Å². The molecule has 0 spiro atoms. The number of Topliss-reactive ketones (excluding diaryl/α,β-unsaturated/α-hetero) is 1. The lowest BCUT2D eigenvalue weighted by molar-refractivity contribution is 0.101. The second kappa shape index (κ2) is 6.49. The molecular weight excluding hydrogens is 334 g/mol. The van der Waals surface area contributed by atoms with E-state index in [2.05, 4.69) is 31.5 Å². The highest BCUT2D eigenvalue weighted by molar-refractivity contribution is 9.10. The third-order valence-electron chi connectivity index (χ3n) is 2.83. The van der Waals surface area contributed by atoms with Crippen molar-refractivity contribution in [1.82, 2.24) is 4.98 Å². The van der Waals surface area contributed by atoms with Crippen LogP contribution in [0.2, 0.25) is 0 Å². The van der Waals surface area contributed by atoms with E-state index in [9.17, 15) is 9.59 Å². The molecule has 0 fully saturated rings. The summed E-state index contributed by atoms with van der Waals surface area (Å²) in [6.07, 6.45) is 0. The second-order valence-electron chi connectivity index (χ2n) is 4.48. The molecule has 0 radical (unpaired) electrons. The zero-order chi connectivity index (χ0) is 15.4. The van der Waals surface area contributed by atoms with Gasteiger partial charge in [0.2, 0.25) is 0 Å². The minimum Gasteiger partial charge on any atom is -0.308 e. The first-order valence-corrected chi connectivity index (χ1v) is 7.07. The van der Waals surface area contributed by atoms with Crippen LogP contribution >= 0.6 is 15.9 Å². The van der Waals surface area contributed by atoms with Gasteiger partial charge in [-0.15, -0.1) is 0 Å². The van der Waals surface area contributed by atoms with Gasteiger partial charge in [0.05, 0.1) is 11.4 Å². The summed E-state index contributed by atoms with van der Waals surface area (Å²) in [5, 5.41) is 5.40. The van der Waals surface area contributed by atoms with E-state index in [0.717, 1.165) is 0 Å². The maximum atomic E-state index is 12.0. The van der Waals surface area contributed by atoms with Crippen LogP contribution in [0.4, 0.5) is 16.2 Å². The summed E-state index contributed by atoms with van der Waals surface area (Å²) in [5.41, 5.74) is 2.44. The van der Waals surface area contributed by atoms with Crippen LogP contribution in [0.3, 0.4) is 0 Å². The number of nitrogens with zero attached hydrogens (tertiary/aromatic N) is 1. The molecule has 1 aromatic heterocycles. The number of aromatic nitrogens is 1. The summed E-state index contributed by atoms with van der Waals surface area (Å²) in [6.45, 7) is 3.28. The zero-order valence-corrected chi connectivity index (χ0v) is 13.2. The van der Waals surface area contributed by atoms with E-state index in [1.54, 1.807) is 43.3 Å². The Hall–Kier alpha value is -2.21. The Morgan fingerprint density at radius 1 is 1.14 bits per heavy atom. The maximum absolute atomic E-state index is 12.0. The number of ketones is 1. The first-order valence-electron chi connectivity index (χ1n) is 6.28. The van der Waals surface area contributed by atoms with Crippen molar-refractivity contribution in [2.24, 2.45) is 0 Å². The molecule has 2 aromatic rings. The van der Waals surface area contributed by atoms with Crippen molar-refractivity contribution in [3.05, 3.63) is 52.3 Å². The van der Waals surface area contributed by atoms with Gasteiger partial charge in [0.1, 0.15) is 4.60 Å². The van der Waals surface area contributed by atoms with E-state index in [4.69, 9.17) is 0 Å². The predicted molar refractivity (Wildman–Crippen MR) is 85.8 cm³/mol. The molecule has 0 atom stereocenters. The highest BCUT2D eigenvalue weighted by atomic mass is 79.9. The van der Waals surface area contributed by atoms with Crippen LogP contribution in [0.1, 0.15) is 23.0 Å². The third-order valence-corrected chi connectivity index (χ3v) is 3.27. The topological polar surface area (TPSA) is 71.1 Å². The van der Waals surface area contributed by atoms with Gasteiger partial charge in [-0.2, -0.15) is 0 Å². The van der Waals surface area contributed by atoms with Crippen molar-refractivity contribution in [3.63, 3.8) is 0 Å². The number of benzene rings is 1. The fraction of sp³-hybridized carbons (Fsp3) is 0.133. The highest BCUT2D eigenvalue weighted by Gasteiger charge is 2.07. The summed E-state index contributed by atoms with van der Waals surface area (Å²) in [7, 11) is 0. The number of halogens is 1. The Kier molecular flexibility index (Phi) is 4.70. The molecule has 6 heteroatoms. The lowest BCUT2D eigenvalue weighted by Crippen LogP contribution is -2.20. The van der Waals surface area contributed by atoms with Gasteiger partial charge in [-0.25, -0.2) is 9.78 Å². The lowest BCUT2D eigenvalue weighted by atomic mass is 10.1. The van der Waals surface area contributed by atoms with Gasteiger partial charge in [0, 0.05) is 11.3 Å². The fourth-order valence-electron chi connectivity index (χ4n) is 1.76. The number of nitrogens with one attached hydrogen (secondary N) is 2. The van der Waals surface area contributed by atoms with Crippen molar-refractivity contribution in [2.75, 3.05) is 10.6 Å². The molecule has 0 aliphatic carbocycles. The minimum atomic E-state index is -0.386. The molecule has 5 nitrogen and oxygen atoms in total. The third kappa shape index (κ3) is 4.13. The molecule has 0 aliphatic heterocycles. The van der Waals surface area contributed by atoms with Crippen LogP contribution in [-0.2, 0) is 0 Å². The number of carbonyl (C=O) groups excluding carboxylic acids is 2. The van der Waals surface area contributed by atoms with E-state index in [1.807, 2.05) is 0 Å². The van der Waals surface area contributed by atoms with Crippen LogP contribution in [0, 0.1) is 6.92 Å². The predicted octanol–water partition coefficient (Wildman–Crippen LogP) is 4.00. The molecule has 0 bridgehead atoms. The molecular formula is C15H14BrN3O2. The number of rotatable bonds is 3. The summed E-state index contributed by atoms with van der Waals surface area (Å²) in [6, 6.07) is 9.90. The summed E-state index contributed by atoms with van der Waals surface area (Å²) < 4.78 is 0.708. The molecule has 21 heavy (non-hydrogen) atoms. The largest absolute Gasteiger partial charge is 0.323 e. The maximum Gasteiger partial charge on any atom is 0.323 e. The van der Waals surface area contributed by atoms with E-state index in [1.165, 1.54) is 6.92 Å². The van der Waals surface area contributed by atoms with Gasteiger partial charge in [0.25, 0.3) is 0 Å². The second-order valence-corrected chi connectivity index (χ2v) is 5.30. The fourth-order valence-corrected chi connectivity index (χ4v) is 2.16. The Morgan fingerprint density at radius 2 is 1.90 bits per heavy atom. The number of anilines is 2. The number of urea groups is 1. The lowest BCUT2D eigenvalue weighted by Gasteiger charge is -2.10. The Balaban J connectivity index is 2.08. The average Bonchev–Trinajstić information content (AvgIpc) is 2.42. The van der Waals surface area contributed by atoms with Gasteiger partial charge in [-0.1, -0.05) is 12.1 Å². The van der Waals surface area contributed by atoms with E-state index < -0.39 is 0 Å². The molecule has 2 amide bonds. The van der Waals surface area contributed by atoms with Gasteiger partial charge < -0.3 is 10.6 Å². The van der Waals surface area contributed by atoms with Crippen molar-refractivity contribution >= 4 is 39.1 Å². The van der Waals surface area contributed by atoms with Crippen molar-refractivity contribution in [3.8, 4) is 0 Å². The first kappa shape index (κ1) is 15.2. The molecule has 2 rings (SSSR count). The van der Waals surface area contributed by atoms with E-state index in [0.29, 0.717) is 27.2 Å². The number of hydrogen-bond acceptors (Lipinski definition) is 3. The van der Waals surface area contributed by atoms with Crippen LogP contribution in [-0.4, -0.2) is 16.8 Å². The molecule has 2 N–H and O–H groups in total. The van der Waals surface area contributed by atoms with E-state index in [-0.39, 0.29) is 11.8 Å². The van der Waals surface area contributed by atoms with Crippen molar-refractivity contribution < 1.29 is 9.59 Å². The highest BCUT2D eigenvalue weighted by Crippen LogP contribution is 2.17. The van der Waals surface area contributed by atoms with Crippen LogP contribution in [0.25, 0.3) is 0 Å². The molecule has 0 unspecified atom stereocenters. The molecule has 0 saturated heterocycles. The number of pyridine rings is 1. The Bertz CT molecular complexity index is 701. The standard InChI is InChI=1S/C15H14BrN3O2/c1-9-13(6-7-14(16)17-9)19-15(21)18-12-5-3-4-11(8-12)10(2)20/h3-8H,1-2H3,(H2,18,19,21). The van der Waals surface area contributed by atoms with Gasteiger partial charge in [-0.05, 0) is 54.0 Å². The quantitative estimate of drug-likeness (QED) is 0.651. The summed E-state index contributed by atoms with van der Waals surface area (Å²) in [4.78, 5) is 27.5. The Labute approximate surface area is 130 Å². The molecule has 108 valence electrons. The monoisotopic (exact) mass is 347 g/mol. The Morgan fingerprint density at radius 3 is 2.57 bits per heavy atom. The zero-order valence-electron chi connectivity index (χ0n) is 11.6. The molecule has 0 aliphatic rings. The molecule has 1 aromatic carbocycles. The van der Waals surface area contributed by atoms with Gasteiger partial charge in [0.15, 0.2) is 5.78 Å². The molecule has 0 saturated carbocycles. The average molecular weight is 348 g/mol. The van der Waals surface area contributed by atoms with Gasteiger partial charge >= 0.3 is 6.03 Å². The smallest absolute Gasteiger partial charge is 0.308 e. The molecule has 1 heterocycles. The number of hydrogen-bond donors (Lipinski definition) is 2. The number of aryl methyl sites for hydroxylation is 1.